The molecule has 2 bridgehead atoms. The normalized spacial score (nSPS) is 27.6. The second kappa shape index (κ2) is 10.9. The lowest BCUT2D eigenvalue weighted by molar-refractivity contribution is 0.0501. The van der Waals surface area contributed by atoms with Crippen molar-refractivity contribution >= 4 is 5.91 Å². The van der Waals surface area contributed by atoms with Crippen molar-refractivity contribution < 1.29 is 14.3 Å². The van der Waals surface area contributed by atoms with E-state index in [0.29, 0.717) is 12.2 Å². The smallest absolute Gasteiger partial charge is 0.251 e. The Balaban J connectivity index is 0.983. The molecule has 5 nitrogen and oxygen atoms in total. The van der Waals surface area contributed by atoms with Crippen LogP contribution in [0.25, 0.3) is 0 Å². The van der Waals surface area contributed by atoms with Crippen LogP contribution in [0.15, 0.2) is 42.5 Å². The minimum absolute atomic E-state index is 0.00146. The molecule has 5 aliphatic rings. The van der Waals surface area contributed by atoms with Gasteiger partial charge in [-0.1, -0.05) is 18.2 Å². The Hall–Kier alpha value is -2.37. The average Bonchev–Trinajstić information content (AvgIpc) is 3.45. The molecule has 3 heterocycles. The van der Waals surface area contributed by atoms with Gasteiger partial charge in [0, 0.05) is 37.3 Å². The van der Waals surface area contributed by atoms with Crippen LogP contribution < -0.4 is 10.1 Å². The lowest BCUT2D eigenvalue weighted by Gasteiger charge is -2.45. The van der Waals surface area contributed by atoms with Gasteiger partial charge in [-0.25, -0.2) is 0 Å². The average molecular weight is 489 g/mol. The maximum atomic E-state index is 12.9. The van der Waals surface area contributed by atoms with Crippen LogP contribution in [-0.2, 0) is 24.0 Å². The molecule has 7 rings (SSSR count). The largest absolute Gasteiger partial charge is 0.491 e. The molecule has 3 aliphatic heterocycles. The van der Waals surface area contributed by atoms with Gasteiger partial charge in [0.05, 0.1) is 6.10 Å². The maximum absolute atomic E-state index is 12.9. The summed E-state index contributed by atoms with van der Waals surface area (Å²) in [6.07, 6.45) is 12.2. The van der Waals surface area contributed by atoms with Gasteiger partial charge in [-0.05, 0) is 111 Å². The highest BCUT2D eigenvalue weighted by Gasteiger charge is 2.33. The molecule has 2 aromatic carbocycles. The summed E-state index contributed by atoms with van der Waals surface area (Å²) in [6.45, 7) is 3.94. The summed E-state index contributed by atoms with van der Waals surface area (Å²) < 4.78 is 11.4. The van der Waals surface area contributed by atoms with Crippen LogP contribution in [0.3, 0.4) is 0 Å². The summed E-state index contributed by atoms with van der Waals surface area (Å²) in [5.74, 6) is 1.74. The summed E-state index contributed by atoms with van der Waals surface area (Å²) in [6, 6.07) is 15.6. The topological polar surface area (TPSA) is 50.8 Å². The SMILES string of the molecule is O=C(N[C@H]1CCc2cc(CCN3CC4CCC3CC4)ccc2C1)c1ccc(OC[C@@H]2CCCO2)cc1. The van der Waals surface area contributed by atoms with Crippen molar-refractivity contribution in [2.24, 2.45) is 5.92 Å². The van der Waals surface area contributed by atoms with E-state index in [1.165, 1.54) is 55.5 Å². The minimum atomic E-state index is 0.00146. The lowest BCUT2D eigenvalue weighted by atomic mass is 9.80. The van der Waals surface area contributed by atoms with Crippen molar-refractivity contribution in [3.8, 4) is 5.75 Å². The zero-order chi connectivity index (χ0) is 24.3. The van der Waals surface area contributed by atoms with E-state index in [0.717, 1.165) is 62.8 Å². The van der Waals surface area contributed by atoms with Crippen molar-refractivity contribution in [1.29, 1.82) is 0 Å². The molecule has 4 fully saturated rings. The maximum Gasteiger partial charge on any atom is 0.251 e. The van der Waals surface area contributed by atoms with Crippen LogP contribution in [0.1, 0.15) is 72.0 Å². The molecule has 1 saturated carbocycles. The zero-order valence-electron chi connectivity index (χ0n) is 21.4. The van der Waals surface area contributed by atoms with E-state index in [2.05, 4.69) is 28.4 Å². The molecule has 36 heavy (non-hydrogen) atoms. The first-order valence-corrected chi connectivity index (χ1v) is 14.2. The van der Waals surface area contributed by atoms with Gasteiger partial charge in [-0.2, -0.15) is 0 Å². The second-order valence-electron chi connectivity index (χ2n) is 11.4. The number of benzene rings is 2. The molecule has 1 amide bonds. The summed E-state index contributed by atoms with van der Waals surface area (Å²) in [5, 5.41) is 3.26. The van der Waals surface area contributed by atoms with E-state index >= 15 is 0 Å². The monoisotopic (exact) mass is 488 g/mol. The van der Waals surface area contributed by atoms with Crippen LogP contribution in [0.2, 0.25) is 0 Å². The van der Waals surface area contributed by atoms with Crippen LogP contribution in [0.4, 0.5) is 0 Å². The Morgan fingerprint density at radius 2 is 1.86 bits per heavy atom. The first-order valence-electron chi connectivity index (χ1n) is 14.2. The number of nitrogens with zero attached hydrogens (tertiary/aromatic N) is 1. The van der Waals surface area contributed by atoms with Crippen molar-refractivity contribution in [1.82, 2.24) is 10.2 Å². The quantitative estimate of drug-likeness (QED) is 0.571. The molecule has 0 aromatic heterocycles. The molecule has 2 aliphatic carbocycles. The fourth-order valence-electron chi connectivity index (χ4n) is 6.74. The molecule has 0 unspecified atom stereocenters. The molecule has 0 radical (unpaired) electrons. The second-order valence-corrected chi connectivity index (χ2v) is 11.4. The van der Waals surface area contributed by atoms with E-state index in [-0.39, 0.29) is 18.1 Å². The Morgan fingerprint density at radius 3 is 2.61 bits per heavy atom. The highest BCUT2D eigenvalue weighted by molar-refractivity contribution is 5.94. The van der Waals surface area contributed by atoms with Gasteiger partial charge < -0.3 is 14.8 Å². The van der Waals surface area contributed by atoms with Crippen molar-refractivity contribution in [3.63, 3.8) is 0 Å². The van der Waals surface area contributed by atoms with Gasteiger partial charge in [0.15, 0.2) is 0 Å². The molecule has 1 N–H and O–H groups in total. The van der Waals surface area contributed by atoms with Crippen LogP contribution in [-0.4, -0.2) is 55.3 Å². The predicted molar refractivity (Wildman–Crippen MR) is 142 cm³/mol. The molecule has 3 saturated heterocycles. The van der Waals surface area contributed by atoms with E-state index < -0.39 is 0 Å². The van der Waals surface area contributed by atoms with Crippen molar-refractivity contribution in [2.45, 2.75) is 82.4 Å². The number of nitrogens with one attached hydrogen (secondary N) is 1. The number of hydrogen-bond acceptors (Lipinski definition) is 4. The summed E-state index contributed by atoms with van der Waals surface area (Å²) in [4.78, 5) is 15.6. The molecule has 2 aromatic rings. The molecular formula is C31H40N2O3. The van der Waals surface area contributed by atoms with E-state index in [4.69, 9.17) is 9.47 Å². The van der Waals surface area contributed by atoms with Gasteiger partial charge in [-0.3, -0.25) is 9.69 Å². The van der Waals surface area contributed by atoms with Gasteiger partial charge in [0.1, 0.15) is 12.4 Å². The summed E-state index contributed by atoms with van der Waals surface area (Å²) in [7, 11) is 0. The van der Waals surface area contributed by atoms with Crippen LogP contribution in [0, 0.1) is 5.92 Å². The third-order valence-electron chi connectivity index (χ3n) is 8.92. The Kier molecular flexibility index (Phi) is 7.29. The van der Waals surface area contributed by atoms with Crippen molar-refractivity contribution in [3.05, 3.63) is 64.7 Å². The van der Waals surface area contributed by atoms with Gasteiger partial charge in [0.2, 0.25) is 0 Å². The molecular weight excluding hydrogens is 448 g/mol. The third-order valence-corrected chi connectivity index (χ3v) is 8.92. The number of amides is 1. The fourth-order valence-corrected chi connectivity index (χ4v) is 6.74. The molecule has 2 atom stereocenters. The number of carbonyl (C=O) groups excluding carboxylic acids is 1. The third kappa shape index (κ3) is 5.63. The first-order chi connectivity index (χ1) is 17.7. The van der Waals surface area contributed by atoms with Gasteiger partial charge in [0.25, 0.3) is 5.91 Å². The lowest BCUT2D eigenvalue weighted by Crippen LogP contribution is -2.48. The van der Waals surface area contributed by atoms with Gasteiger partial charge in [-0.15, -0.1) is 0 Å². The number of rotatable bonds is 8. The Bertz CT molecular complexity index is 1040. The Labute approximate surface area is 215 Å². The number of aryl methyl sites for hydroxylation is 1. The van der Waals surface area contributed by atoms with E-state index in [1.54, 1.807) is 0 Å². The summed E-state index contributed by atoms with van der Waals surface area (Å²) >= 11 is 0. The summed E-state index contributed by atoms with van der Waals surface area (Å²) in [5.41, 5.74) is 5.03. The molecule has 0 spiro atoms. The number of carbonyl (C=O) groups is 1. The predicted octanol–water partition coefficient (Wildman–Crippen LogP) is 4.95. The van der Waals surface area contributed by atoms with Gasteiger partial charge >= 0.3 is 0 Å². The van der Waals surface area contributed by atoms with E-state index in [9.17, 15) is 4.79 Å². The standard InChI is InChI=1S/C31H40N2O3/c34-31(24-8-13-29(14-9-24)36-21-30-2-1-17-35-30)32-27-10-7-25-18-22(3-6-26(25)19-27)15-16-33-20-23-4-11-28(33)12-5-23/h3,6,8-9,13-14,18,23,27-28,30H,1-2,4-5,7,10-12,15-17,19-21H2,(H,32,34)/t23?,27-,28?,30-/m0/s1. The van der Waals surface area contributed by atoms with E-state index in [1.807, 2.05) is 24.3 Å². The minimum Gasteiger partial charge on any atom is -0.491 e. The fraction of sp³-hybridized carbons (Fsp3) is 0.581. The molecule has 192 valence electrons. The number of piperidine rings is 2. The highest BCUT2D eigenvalue weighted by atomic mass is 16.5. The van der Waals surface area contributed by atoms with Crippen LogP contribution >= 0.6 is 0 Å². The van der Waals surface area contributed by atoms with Crippen LogP contribution in [0.5, 0.6) is 5.75 Å². The van der Waals surface area contributed by atoms with Crippen molar-refractivity contribution in [2.75, 3.05) is 26.3 Å². The highest BCUT2D eigenvalue weighted by Crippen LogP contribution is 2.35. The zero-order valence-corrected chi connectivity index (χ0v) is 21.4. The number of hydrogen-bond donors (Lipinski definition) is 1. The Morgan fingerprint density at radius 1 is 1.00 bits per heavy atom. The first kappa shape index (κ1) is 24.0. The molecule has 5 heteroatoms. The number of ether oxygens (including phenoxy) is 2. The number of fused-ring (bicyclic) bond motifs is 4.